The fraction of sp³-hybridized carbons (Fsp3) is 0.150. The molecule has 1 aliphatic rings. The van der Waals surface area contributed by atoms with Gasteiger partial charge in [0.25, 0.3) is 10.0 Å². The highest BCUT2D eigenvalue weighted by molar-refractivity contribution is 7.92. The summed E-state index contributed by atoms with van der Waals surface area (Å²) in [6, 6.07) is 20.2. The normalized spacial score (nSPS) is 13.9. The molecule has 2 heterocycles. The van der Waals surface area contributed by atoms with Crippen molar-refractivity contribution in [2.75, 3.05) is 16.2 Å². The van der Waals surface area contributed by atoms with Gasteiger partial charge < -0.3 is 4.90 Å². The summed E-state index contributed by atoms with van der Waals surface area (Å²) < 4.78 is 27.4. The predicted octanol–water partition coefficient (Wildman–Crippen LogP) is 3.97. The molecule has 1 aliphatic heterocycles. The molecule has 4 rings (SSSR count). The molecular weight excluding hydrogens is 346 g/mol. The molecule has 26 heavy (non-hydrogen) atoms. The summed E-state index contributed by atoms with van der Waals surface area (Å²) in [5, 5.41) is 0. The number of nitrogens with zero attached hydrogens (tertiary/aromatic N) is 2. The van der Waals surface area contributed by atoms with Crippen LogP contribution in [0, 0.1) is 0 Å². The predicted molar refractivity (Wildman–Crippen MR) is 103 cm³/mol. The van der Waals surface area contributed by atoms with E-state index in [1.54, 1.807) is 42.6 Å². The van der Waals surface area contributed by atoms with Crippen LogP contribution in [0.3, 0.4) is 0 Å². The highest BCUT2D eigenvalue weighted by Crippen LogP contribution is 2.32. The Kier molecular flexibility index (Phi) is 4.34. The zero-order valence-electron chi connectivity index (χ0n) is 14.2. The molecule has 1 aromatic heterocycles. The van der Waals surface area contributed by atoms with Gasteiger partial charge in [-0.2, -0.15) is 0 Å². The lowest BCUT2D eigenvalue weighted by molar-refractivity contribution is 0.601. The molecule has 2 aromatic carbocycles. The van der Waals surface area contributed by atoms with E-state index in [2.05, 4.69) is 32.8 Å². The number of anilines is 3. The number of pyridine rings is 1. The van der Waals surface area contributed by atoms with Crippen molar-refractivity contribution in [1.82, 2.24) is 4.98 Å². The summed E-state index contributed by atoms with van der Waals surface area (Å²) in [6.45, 7) is 0.902. The smallest absolute Gasteiger partial charge is 0.261 e. The van der Waals surface area contributed by atoms with Crippen molar-refractivity contribution < 1.29 is 8.42 Å². The molecule has 0 aliphatic carbocycles. The summed E-state index contributed by atoms with van der Waals surface area (Å²) >= 11 is 0. The van der Waals surface area contributed by atoms with Crippen LogP contribution in [0.2, 0.25) is 0 Å². The molecule has 0 fully saturated rings. The molecule has 0 unspecified atom stereocenters. The highest BCUT2D eigenvalue weighted by atomic mass is 32.2. The van der Waals surface area contributed by atoms with Crippen molar-refractivity contribution in [2.24, 2.45) is 0 Å². The molecule has 0 amide bonds. The molecule has 0 saturated carbocycles. The SMILES string of the molecule is O=S(=O)(Nc1ccc(N2CCCc3ccccc32)nc1)c1ccccc1. The van der Waals surface area contributed by atoms with Crippen LogP contribution in [0.25, 0.3) is 0 Å². The number of sulfonamides is 1. The fourth-order valence-corrected chi connectivity index (χ4v) is 4.26. The van der Waals surface area contributed by atoms with Crippen LogP contribution in [0.1, 0.15) is 12.0 Å². The number of hydrogen-bond donors (Lipinski definition) is 1. The van der Waals surface area contributed by atoms with Gasteiger partial charge >= 0.3 is 0 Å². The molecule has 3 aromatic rings. The number of para-hydroxylation sites is 1. The van der Waals surface area contributed by atoms with Gasteiger partial charge in [0.2, 0.25) is 0 Å². The molecule has 6 heteroatoms. The molecule has 0 bridgehead atoms. The second-order valence-electron chi connectivity index (χ2n) is 6.21. The Morgan fingerprint density at radius 3 is 2.46 bits per heavy atom. The first-order valence-electron chi connectivity index (χ1n) is 8.53. The highest BCUT2D eigenvalue weighted by Gasteiger charge is 2.19. The average molecular weight is 365 g/mol. The molecule has 0 spiro atoms. The molecule has 0 radical (unpaired) electrons. The van der Waals surface area contributed by atoms with Crippen LogP contribution in [-0.4, -0.2) is 19.9 Å². The molecule has 5 nitrogen and oxygen atoms in total. The lowest BCUT2D eigenvalue weighted by Crippen LogP contribution is -2.25. The quantitative estimate of drug-likeness (QED) is 0.760. The van der Waals surface area contributed by atoms with E-state index in [-0.39, 0.29) is 4.90 Å². The Bertz CT molecular complexity index is 1000. The third kappa shape index (κ3) is 3.28. The van der Waals surface area contributed by atoms with Crippen molar-refractivity contribution in [1.29, 1.82) is 0 Å². The Hall–Kier alpha value is -2.86. The van der Waals surface area contributed by atoms with Crippen molar-refractivity contribution in [3.8, 4) is 0 Å². The van der Waals surface area contributed by atoms with Crippen molar-refractivity contribution in [3.05, 3.63) is 78.5 Å². The van der Waals surface area contributed by atoms with Crippen LogP contribution in [0.5, 0.6) is 0 Å². The van der Waals surface area contributed by atoms with Crippen LogP contribution in [-0.2, 0) is 16.4 Å². The van der Waals surface area contributed by atoms with E-state index < -0.39 is 10.0 Å². The number of nitrogens with one attached hydrogen (secondary N) is 1. The second-order valence-corrected chi connectivity index (χ2v) is 7.89. The topological polar surface area (TPSA) is 62.3 Å². The van der Waals surface area contributed by atoms with Crippen LogP contribution < -0.4 is 9.62 Å². The molecule has 1 N–H and O–H groups in total. The zero-order valence-corrected chi connectivity index (χ0v) is 15.0. The number of hydrogen-bond acceptors (Lipinski definition) is 4. The molecule has 0 atom stereocenters. The second kappa shape index (κ2) is 6.80. The van der Waals surface area contributed by atoms with Gasteiger partial charge in [0, 0.05) is 12.2 Å². The summed E-state index contributed by atoms with van der Waals surface area (Å²) in [6.07, 6.45) is 3.70. The summed E-state index contributed by atoms with van der Waals surface area (Å²) in [4.78, 5) is 6.88. The molecular formula is C20H19N3O2S. The lowest BCUT2D eigenvalue weighted by Gasteiger charge is -2.30. The van der Waals surface area contributed by atoms with Crippen molar-refractivity contribution in [2.45, 2.75) is 17.7 Å². The lowest BCUT2D eigenvalue weighted by atomic mass is 10.0. The van der Waals surface area contributed by atoms with Gasteiger partial charge in [-0.15, -0.1) is 0 Å². The van der Waals surface area contributed by atoms with Crippen molar-refractivity contribution in [3.63, 3.8) is 0 Å². The Labute approximate surface area is 153 Å². The van der Waals surface area contributed by atoms with Gasteiger partial charge in [-0.25, -0.2) is 13.4 Å². The monoisotopic (exact) mass is 365 g/mol. The van der Waals surface area contributed by atoms with E-state index in [0.29, 0.717) is 5.69 Å². The van der Waals surface area contributed by atoms with Crippen LogP contribution >= 0.6 is 0 Å². The van der Waals surface area contributed by atoms with Gasteiger partial charge in [-0.3, -0.25) is 4.72 Å². The minimum atomic E-state index is -3.60. The largest absolute Gasteiger partial charge is 0.326 e. The van der Waals surface area contributed by atoms with E-state index >= 15 is 0 Å². The van der Waals surface area contributed by atoms with E-state index in [0.717, 1.165) is 25.2 Å². The first-order valence-corrected chi connectivity index (χ1v) is 10.0. The van der Waals surface area contributed by atoms with E-state index in [1.165, 1.54) is 11.3 Å². The summed E-state index contributed by atoms with van der Waals surface area (Å²) in [5.74, 6) is 0.819. The third-order valence-corrected chi connectivity index (χ3v) is 5.84. The molecule has 132 valence electrons. The zero-order chi connectivity index (χ0) is 18.0. The number of aryl methyl sites for hydroxylation is 1. The van der Waals surface area contributed by atoms with Crippen LogP contribution in [0.15, 0.2) is 77.8 Å². The minimum absolute atomic E-state index is 0.231. The minimum Gasteiger partial charge on any atom is -0.326 e. The first-order chi connectivity index (χ1) is 12.6. The number of benzene rings is 2. The maximum Gasteiger partial charge on any atom is 0.261 e. The maximum atomic E-state index is 12.4. The fourth-order valence-electron chi connectivity index (χ4n) is 3.19. The number of aromatic nitrogens is 1. The Morgan fingerprint density at radius 2 is 1.69 bits per heavy atom. The van der Waals surface area contributed by atoms with E-state index in [9.17, 15) is 8.42 Å². The molecule has 0 saturated heterocycles. The van der Waals surface area contributed by atoms with Gasteiger partial charge in [0.1, 0.15) is 5.82 Å². The van der Waals surface area contributed by atoms with Gasteiger partial charge in [-0.1, -0.05) is 36.4 Å². The van der Waals surface area contributed by atoms with Crippen molar-refractivity contribution >= 4 is 27.2 Å². The average Bonchev–Trinajstić information content (AvgIpc) is 2.69. The summed E-state index contributed by atoms with van der Waals surface area (Å²) in [5.41, 5.74) is 2.93. The first kappa shape index (κ1) is 16.6. The van der Waals surface area contributed by atoms with Gasteiger partial charge in [0.05, 0.1) is 16.8 Å². The van der Waals surface area contributed by atoms with Crippen LogP contribution in [0.4, 0.5) is 17.2 Å². The van der Waals surface area contributed by atoms with Gasteiger partial charge in [-0.05, 0) is 48.7 Å². The maximum absolute atomic E-state index is 12.4. The Morgan fingerprint density at radius 1 is 0.923 bits per heavy atom. The number of fused-ring (bicyclic) bond motifs is 1. The van der Waals surface area contributed by atoms with E-state index in [4.69, 9.17) is 0 Å². The van der Waals surface area contributed by atoms with Gasteiger partial charge in [0.15, 0.2) is 0 Å². The van der Waals surface area contributed by atoms with E-state index in [1.807, 2.05) is 12.1 Å². The summed E-state index contributed by atoms with van der Waals surface area (Å²) in [7, 11) is -3.60. The Balaban J connectivity index is 1.57. The third-order valence-electron chi connectivity index (χ3n) is 4.44. The standard InChI is InChI=1S/C20H19N3O2S/c24-26(25,18-9-2-1-3-10-18)22-17-12-13-20(21-15-17)23-14-6-8-16-7-4-5-11-19(16)23/h1-5,7,9-13,15,22H,6,8,14H2. The number of rotatable bonds is 4.